The van der Waals surface area contributed by atoms with Gasteiger partial charge in [0.15, 0.2) is 6.29 Å². The molecule has 0 bridgehead atoms. The van der Waals surface area contributed by atoms with Crippen molar-refractivity contribution in [2.45, 2.75) is 180 Å². The molecule has 0 aliphatic carbocycles. The molecule has 0 radical (unpaired) electrons. The summed E-state index contributed by atoms with van der Waals surface area (Å²) < 4.78 is 16.2. The number of hydrogen-bond acceptors (Lipinski definition) is 5. The van der Waals surface area contributed by atoms with Crippen molar-refractivity contribution in [3.05, 3.63) is 0 Å². The van der Waals surface area contributed by atoms with Crippen molar-refractivity contribution < 1.29 is 23.8 Å². The molecular weight excluding hydrogens is 490 g/mol. The molecule has 6 nitrogen and oxygen atoms in total. The lowest BCUT2D eigenvalue weighted by Gasteiger charge is -2.25. The Morgan fingerprint density at radius 3 is 1.28 bits per heavy atom. The third kappa shape index (κ3) is 25.6. The quantitative estimate of drug-likeness (QED) is 0.0544. The van der Waals surface area contributed by atoms with Crippen molar-refractivity contribution in [2.75, 3.05) is 20.8 Å². The van der Waals surface area contributed by atoms with Crippen LogP contribution < -0.4 is 5.32 Å². The van der Waals surface area contributed by atoms with Crippen LogP contribution in [0.15, 0.2) is 0 Å². The van der Waals surface area contributed by atoms with Gasteiger partial charge in [-0.3, -0.25) is 9.59 Å². The maximum Gasteiger partial charge on any atom is 0.305 e. The first-order valence-electron chi connectivity index (χ1n) is 16.6. The Labute approximate surface area is 242 Å². The van der Waals surface area contributed by atoms with Gasteiger partial charge >= 0.3 is 5.97 Å². The molecule has 0 rings (SSSR count). The van der Waals surface area contributed by atoms with E-state index in [-0.39, 0.29) is 18.5 Å². The summed E-state index contributed by atoms with van der Waals surface area (Å²) >= 11 is 0. The van der Waals surface area contributed by atoms with Crippen molar-refractivity contribution in [2.24, 2.45) is 0 Å². The highest BCUT2D eigenvalue weighted by Crippen LogP contribution is 2.14. The smallest absolute Gasteiger partial charge is 0.305 e. The zero-order chi connectivity index (χ0) is 28.8. The van der Waals surface area contributed by atoms with Crippen LogP contribution in [0.25, 0.3) is 0 Å². The van der Waals surface area contributed by atoms with E-state index < -0.39 is 12.3 Å². The Morgan fingerprint density at radius 2 is 0.897 bits per heavy atom. The van der Waals surface area contributed by atoms with Crippen LogP contribution in [0.4, 0.5) is 0 Å². The van der Waals surface area contributed by atoms with Gasteiger partial charge in [0.25, 0.3) is 0 Å². The maximum atomic E-state index is 12.5. The fraction of sp³-hybridized carbons (Fsp3) is 0.939. The summed E-state index contributed by atoms with van der Waals surface area (Å²) in [6, 6.07) is -0.513. The van der Waals surface area contributed by atoms with Crippen molar-refractivity contribution in [1.82, 2.24) is 5.32 Å². The second-order valence-corrected chi connectivity index (χ2v) is 11.3. The van der Waals surface area contributed by atoms with Crippen molar-refractivity contribution in [3.63, 3.8) is 0 Å². The number of methoxy groups -OCH3 is 2. The summed E-state index contributed by atoms with van der Waals surface area (Å²) in [5.41, 5.74) is 0. The summed E-state index contributed by atoms with van der Waals surface area (Å²) in [6.45, 7) is 4.57. The highest BCUT2D eigenvalue weighted by Gasteiger charge is 2.24. The van der Waals surface area contributed by atoms with E-state index in [2.05, 4.69) is 19.2 Å². The number of ether oxygens (including phenoxy) is 3. The zero-order valence-electron chi connectivity index (χ0n) is 26.4. The van der Waals surface area contributed by atoms with Gasteiger partial charge in [-0.1, -0.05) is 142 Å². The summed E-state index contributed by atoms with van der Waals surface area (Å²) in [4.78, 5) is 24.8. The Bertz CT molecular complexity index is 538. The van der Waals surface area contributed by atoms with Crippen LogP contribution in [0.3, 0.4) is 0 Å². The third-order valence-electron chi connectivity index (χ3n) is 7.56. The summed E-state index contributed by atoms with van der Waals surface area (Å²) in [6.07, 6.45) is 27.7. The first-order valence-corrected chi connectivity index (χ1v) is 16.6. The lowest BCUT2D eigenvalue weighted by atomic mass is 10.1. The second kappa shape index (κ2) is 29.8. The molecule has 1 unspecified atom stereocenters. The molecular formula is C33H65NO5. The van der Waals surface area contributed by atoms with Gasteiger partial charge in [0.2, 0.25) is 5.91 Å². The number of amides is 1. The fourth-order valence-electron chi connectivity index (χ4n) is 5.03. The third-order valence-corrected chi connectivity index (χ3v) is 7.56. The number of carbonyl (C=O) groups excluding carboxylic acids is 2. The minimum absolute atomic E-state index is 0.0450. The summed E-state index contributed by atoms with van der Waals surface area (Å²) in [5, 5.41) is 2.96. The SMILES string of the molecule is CCCCCCCCCCCCCC(=O)NC(COC(=O)CCCCCCCCCCCCC)C(OC)OC. The first-order chi connectivity index (χ1) is 19.1. The van der Waals surface area contributed by atoms with Crippen LogP contribution in [0.1, 0.15) is 168 Å². The molecule has 0 heterocycles. The molecule has 0 aromatic rings. The van der Waals surface area contributed by atoms with Gasteiger partial charge < -0.3 is 19.5 Å². The number of carbonyl (C=O) groups is 2. The Hall–Kier alpha value is -1.14. The topological polar surface area (TPSA) is 73.9 Å². The molecule has 0 fully saturated rings. The van der Waals surface area contributed by atoms with Crippen molar-refractivity contribution in [1.29, 1.82) is 0 Å². The minimum Gasteiger partial charge on any atom is -0.463 e. The van der Waals surface area contributed by atoms with Crippen LogP contribution in [0, 0.1) is 0 Å². The van der Waals surface area contributed by atoms with Crippen LogP contribution in [-0.4, -0.2) is 45.0 Å². The number of unbranched alkanes of at least 4 members (excludes halogenated alkanes) is 20. The van der Waals surface area contributed by atoms with Crippen LogP contribution >= 0.6 is 0 Å². The van der Waals surface area contributed by atoms with Crippen molar-refractivity contribution in [3.8, 4) is 0 Å². The molecule has 6 heteroatoms. The number of hydrogen-bond donors (Lipinski definition) is 1. The lowest BCUT2D eigenvalue weighted by molar-refractivity contribution is -0.158. The largest absolute Gasteiger partial charge is 0.463 e. The fourth-order valence-corrected chi connectivity index (χ4v) is 5.03. The molecule has 1 amide bonds. The second-order valence-electron chi connectivity index (χ2n) is 11.3. The van der Waals surface area contributed by atoms with Gasteiger partial charge in [-0.15, -0.1) is 0 Å². The highest BCUT2D eigenvalue weighted by molar-refractivity contribution is 5.76. The Balaban J connectivity index is 3.95. The average Bonchev–Trinajstić information content (AvgIpc) is 2.93. The van der Waals surface area contributed by atoms with Crippen LogP contribution in [0.2, 0.25) is 0 Å². The Kier molecular flexibility index (Phi) is 29.0. The lowest BCUT2D eigenvalue weighted by Crippen LogP contribution is -2.48. The molecule has 39 heavy (non-hydrogen) atoms. The van der Waals surface area contributed by atoms with Gasteiger partial charge in [0.05, 0.1) is 0 Å². The van der Waals surface area contributed by atoms with Crippen LogP contribution in [0.5, 0.6) is 0 Å². The predicted molar refractivity (Wildman–Crippen MR) is 163 cm³/mol. The van der Waals surface area contributed by atoms with Gasteiger partial charge in [-0.05, 0) is 12.8 Å². The Morgan fingerprint density at radius 1 is 0.538 bits per heavy atom. The minimum atomic E-state index is -0.652. The molecule has 0 aromatic carbocycles. The number of rotatable bonds is 30. The molecule has 0 spiro atoms. The van der Waals surface area contributed by atoms with Gasteiger partial charge in [0.1, 0.15) is 12.6 Å². The van der Waals surface area contributed by atoms with E-state index in [0.717, 1.165) is 25.7 Å². The van der Waals surface area contributed by atoms with Gasteiger partial charge in [0, 0.05) is 27.1 Å². The van der Waals surface area contributed by atoms with E-state index in [1.165, 1.54) is 130 Å². The molecule has 0 aliphatic rings. The number of esters is 1. The van der Waals surface area contributed by atoms with E-state index in [1.807, 2.05) is 0 Å². The molecule has 232 valence electrons. The van der Waals surface area contributed by atoms with E-state index in [1.54, 1.807) is 0 Å². The predicted octanol–water partition coefficient (Wildman–Crippen LogP) is 9.04. The molecule has 1 atom stereocenters. The van der Waals surface area contributed by atoms with Crippen molar-refractivity contribution >= 4 is 11.9 Å². The molecule has 0 aromatic heterocycles. The highest BCUT2D eigenvalue weighted by atomic mass is 16.7. The number of nitrogens with one attached hydrogen (secondary N) is 1. The molecule has 1 N–H and O–H groups in total. The van der Waals surface area contributed by atoms with E-state index in [4.69, 9.17) is 14.2 Å². The van der Waals surface area contributed by atoms with E-state index in [0.29, 0.717) is 12.8 Å². The van der Waals surface area contributed by atoms with Gasteiger partial charge in [-0.2, -0.15) is 0 Å². The normalized spacial score (nSPS) is 12.1. The van der Waals surface area contributed by atoms with Gasteiger partial charge in [-0.25, -0.2) is 0 Å². The molecule has 0 aliphatic heterocycles. The molecule has 0 saturated heterocycles. The monoisotopic (exact) mass is 555 g/mol. The zero-order valence-corrected chi connectivity index (χ0v) is 26.4. The standard InChI is InChI=1S/C33H65NO5/c1-5-7-9-11-13-15-17-19-21-23-25-27-31(35)34-30(33(37-3)38-4)29-39-32(36)28-26-24-22-20-18-16-14-12-10-8-6-2/h30,33H,5-29H2,1-4H3,(H,34,35). The summed E-state index contributed by atoms with van der Waals surface area (Å²) in [5.74, 6) is -0.266. The summed E-state index contributed by atoms with van der Waals surface area (Å²) in [7, 11) is 3.06. The molecule has 0 saturated carbocycles. The van der Waals surface area contributed by atoms with Crippen LogP contribution in [-0.2, 0) is 23.8 Å². The first kappa shape index (κ1) is 37.9. The maximum absolute atomic E-state index is 12.5. The average molecular weight is 556 g/mol. The van der Waals surface area contributed by atoms with E-state index >= 15 is 0 Å². The van der Waals surface area contributed by atoms with E-state index in [9.17, 15) is 9.59 Å².